The van der Waals surface area contributed by atoms with Crippen molar-refractivity contribution in [3.8, 4) is 11.4 Å². The van der Waals surface area contributed by atoms with Crippen LogP contribution in [-0.2, 0) is 0 Å². The molecule has 17 heavy (non-hydrogen) atoms. The lowest BCUT2D eigenvalue weighted by atomic mass is 10.0. The Balaban J connectivity index is 1.94. The summed E-state index contributed by atoms with van der Waals surface area (Å²) in [4.78, 5) is 4.35. The van der Waals surface area contributed by atoms with Gasteiger partial charge in [0, 0.05) is 18.7 Å². The molecule has 1 aromatic heterocycles. The molecule has 0 radical (unpaired) electrons. The van der Waals surface area contributed by atoms with Crippen molar-refractivity contribution in [2.24, 2.45) is 0 Å². The third kappa shape index (κ3) is 1.82. The second-order valence-electron chi connectivity index (χ2n) is 4.27. The summed E-state index contributed by atoms with van der Waals surface area (Å²) in [7, 11) is 0. The van der Waals surface area contributed by atoms with E-state index in [2.05, 4.69) is 15.5 Å². The van der Waals surface area contributed by atoms with Crippen LogP contribution in [0.1, 0.15) is 17.4 Å². The molecule has 0 aliphatic carbocycles. The van der Waals surface area contributed by atoms with E-state index in [1.165, 1.54) is 12.1 Å². The molecule has 1 fully saturated rings. The van der Waals surface area contributed by atoms with Gasteiger partial charge in [0.2, 0.25) is 11.7 Å². The Morgan fingerprint density at radius 2 is 2.24 bits per heavy atom. The van der Waals surface area contributed by atoms with E-state index in [9.17, 15) is 4.39 Å². The molecule has 4 nitrogen and oxygen atoms in total. The first-order valence-corrected chi connectivity index (χ1v) is 5.55. The largest absolute Gasteiger partial charge is 0.339 e. The Bertz CT molecular complexity index is 548. The van der Waals surface area contributed by atoms with Crippen LogP contribution < -0.4 is 5.32 Å². The molecule has 3 rings (SSSR count). The van der Waals surface area contributed by atoms with Gasteiger partial charge in [-0.3, -0.25) is 0 Å². The van der Waals surface area contributed by atoms with Crippen LogP contribution in [0.4, 0.5) is 4.39 Å². The lowest BCUT2D eigenvalue weighted by Crippen LogP contribution is -2.40. The van der Waals surface area contributed by atoms with Gasteiger partial charge in [-0.1, -0.05) is 5.16 Å². The number of benzene rings is 1. The molecule has 0 atom stereocenters. The highest BCUT2D eigenvalue weighted by molar-refractivity contribution is 5.59. The highest BCUT2D eigenvalue weighted by Crippen LogP contribution is 2.24. The first-order chi connectivity index (χ1) is 8.24. The van der Waals surface area contributed by atoms with Crippen LogP contribution in [0, 0.1) is 12.7 Å². The molecule has 5 heteroatoms. The molecule has 0 bridgehead atoms. The molecule has 0 spiro atoms. The lowest BCUT2D eigenvalue weighted by molar-refractivity contribution is 0.308. The Morgan fingerprint density at radius 1 is 1.41 bits per heavy atom. The molecule has 1 N–H and O–H groups in total. The van der Waals surface area contributed by atoms with E-state index in [1.807, 2.05) is 6.92 Å². The quantitative estimate of drug-likeness (QED) is 0.860. The molecule has 0 unspecified atom stereocenters. The molecular formula is C12H12FN3O. The summed E-state index contributed by atoms with van der Waals surface area (Å²) in [6.07, 6.45) is 0. The molecule has 88 valence electrons. The van der Waals surface area contributed by atoms with Crippen LogP contribution in [0.2, 0.25) is 0 Å². The number of nitrogens with zero attached hydrogens (tertiary/aromatic N) is 2. The molecule has 1 aliphatic heterocycles. The van der Waals surface area contributed by atoms with E-state index in [4.69, 9.17) is 4.52 Å². The Morgan fingerprint density at radius 3 is 2.88 bits per heavy atom. The summed E-state index contributed by atoms with van der Waals surface area (Å²) < 4.78 is 18.2. The minimum absolute atomic E-state index is 0.252. The van der Waals surface area contributed by atoms with E-state index in [-0.39, 0.29) is 5.82 Å². The summed E-state index contributed by atoms with van der Waals surface area (Å²) in [6.45, 7) is 3.59. The van der Waals surface area contributed by atoms with Crippen LogP contribution in [0.5, 0.6) is 0 Å². The summed E-state index contributed by atoms with van der Waals surface area (Å²) in [5.41, 5.74) is 1.62. The van der Waals surface area contributed by atoms with E-state index in [1.54, 1.807) is 6.07 Å². The highest BCUT2D eigenvalue weighted by atomic mass is 19.1. The molecule has 0 amide bonds. The SMILES string of the molecule is Cc1cc(F)ccc1-c1noc(C2CNC2)n1. The molecule has 2 aromatic rings. The number of halogens is 1. The Hall–Kier alpha value is -1.75. The van der Waals surface area contributed by atoms with Gasteiger partial charge in [-0.2, -0.15) is 4.98 Å². The standard InChI is InChI=1S/C12H12FN3O/c1-7-4-9(13)2-3-10(7)11-15-12(17-16-11)8-5-14-6-8/h2-4,8,14H,5-6H2,1H3. The zero-order valence-electron chi connectivity index (χ0n) is 9.40. The molecule has 2 heterocycles. The predicted octanol–water partition coefficient (Wildman–Crippen LogP) is 1.87. The van der Waals surface area contributed by atoms with Crippen LogP contribution in [0.3, 0.4) is 0 Å². The van der Waals surface area contributed by atoms with E-state index >= 15 is 0 Å². The fourth-order valence-corrected chi connectivity index (χ4v) is 1.85. The highest BCUT2D eigenvalue weighted by Gasteiger charge is 2.25. The lowest BCUT2D eigenvalue weighted by Gasteiger charge is -2.22. The molecule has 1 aliphatic rings. The maximum Gasteiger partial charge on any atom is 0.232 e. The fourth-order valence-electron chi connectivity index (χ4n) is 1.85. The minimum Gasteiger partial charge on any atom is -0.339 e. The predicted molar refractivity (Wildman–Crippen MR) is 60.0 cm³/mol. The van der Waals surface area contributed by atoms with E-state index in [0.717, 1.165) is 24.2 Å². The molecular weight excluding hydrogens is 221 g/mol. The second-order valence-corrected chi connectivity index (χ2v) is 4.27. The van der Waals surface area contributed by atoms with Crippen LogP contribution in [-0.4, -0.2) is 23.2 Å². The zero-order valence-corrected chi connectivity index (χ0v) is 9.40. The fraction of sp³-hybridized carbons (Fsp3) is 0.333. The van der Waals surface area contributed by atoms with Gasteiger partial charge < -0.3 is 9.84 Å². The summed E-state index contributed by atoms with van der Waals surface area (Å²) in [5.74, 6) is 1.25. The summed E-state index contributed by atoms with van der Waals surface area (Å²) >= 11 is 0. The van der Waals surface area contributed by atoms with Crippen LogP contribution >= 0.6 is 0 Å². The van der Waals surface area contributed by atoms with Gasteiger partial charge in [-0.25, -0.2) is 4.39 Å². The molecule has 1 aromatic carbocycles. The molecule has 0 saturated carbocycles. The number of hydrogen-bond acceptors (Lipinski definition) is 4. The normalized spacial score (nSPS) is 15.9. The van der Waals surface area contributed by atoms with Gasteiger partial charge in [-0.05, 0) is 30.7 Å². The first-order valence-electron chi connectivity index (χ1n) is 5.55. The van der Waals surface area contributed by atoms with Crippen molar-refractivity contribution < 1.29 is 8.91 Å². The van der Waals surface area contributed by atoms with Gasteiger partial charge in [-0.15, -0.1) is 0 Å². The van der Waals surface area contributed by atoms with Gasteiger partial charge >= 0.3 is 0 Å². The first kappa shape index (κ1) is 10.4. The number of aromatic nitrogens is 2. The van der Waals surface area contributed by atoms with Crippen molar-refractivity contribution in [2.75, 3.05) is 13.1 Å². The van der Waals surface area contributed by atoms with Crippen LogP contribution in [0.25, 0.3) is 11.4 Å². The van der Waals surface area contributed by atoms with Crippen molar-refractivity contribution in [1.29, 1.82) is 0 Å². The third-order valence-corrected chi connectivity index (χ3v) is 3.00. The third-order valence-electron chi connectivity index (χ3n) is 3.00. The smallest absolute Gasteiger partial charge is 0.232 e. The number of rotatable bonds is 2. The maximum atomic E-state index is 13.0. The van der Waals surface area contributed by atoms with Gasteiger partial charge in [0.15, 0.2) is 0 Å². The maximum absolute atomic E-state index is 13.0. The van der Waals surface area contributed by atoms with E-state index < -0.39 is 0 Å². The average molecular weight is 233 g/mol. The van der Waals surface area contributed by atoms with Crippen molar-refractivity contribution in [2.45, 2.75) is 12.8 Å². The average Bonchev–Trinajstić information content (AvgIpc) is 2.64. The Kier molecular flexibility index (Phi) is 2.40. The topological polar surface area (TPSA) is 51.0 Å². The molecule has 1 saturated heterocycles. The Labute approximate surface area is 97.8 Å². The van der Waals surface area contributed by atoms with Crippen molar-refractivity contribution in [3.63, 3.8) is 0 Å². The van der Waals surface area contributed by atoms with Crippen molar-refractivity contribution in [3.05, 3.63) is 35.5 Å². The van der Waals surface area contributed by atoms with Gasteiger partial charge in [0.1, 0.15) is 5.82 Å². The van der Waals surface area contributed by atoms with Crippen molar-refractivity contribution in [1.82, 2.24) is 15.5 Å². The van der Waals surface area contributed by atoms with E-state index in [0.29, 0.717) is 17.6 Å². The monoisotopic (exact) mass is 233 g/mol. The zero-order chi connectivity index (χ0) is 11.8. The van der Waals surface area contributed by atoms with Crippen molar-refractivity contribution >= 4 is 0 Å². The minimum atomic E-state index is -0.252. The van der Waals surface area contributed by atoms with Gasteiger partial charge in [0.25, 0.3) is 0 Å². The van der Waals surface area contributed by atoms with Crippen LogP contribution in [0.15, 0.2) is 22.7 Å². The second kappa shape index (κ2) is 3.92. The number of hydrogen-bond donors (Lipinski definition) is 1. The number of aryl methyl sites for hydroxylation is 1. The van der Waals surface area contributed by atoms with Gasteiger partial charge in [0.05, 0.1) is 5.92 Å². The summed E-state index contributed by atoms with van der Waals surface area (Å²) in [5, 5.41) is 7.09. The summed E-state index contributed by atoms with van der Waals surface area (Å²) in [6, 6.07) is 4.55. The number of nitrogens with one attached hydrogen (secondary N) is 1.